The molecule has 1 unspecified atom stereocenters. The van der Waals surface area contributed by atoms with Crippen LogP contribution in [0.3, 0.4) is 0 Å². The summed E-state index contributed by atoms with van der Waals surface area (Å²) in [4.78, 5) is 9.11. The van der Waals surface area contributed by atoms with E-state index in [2.05, 4.69) is 34.3 Å². The molecule has 2 N–H and O–H groups in total. The monoisotopic (exact) mass is 240 g/mol. The first-order chi connectivity index (χ1) is 7.65. The highest BCUT2D eigenvalue weighted by molar-refractivity contribution is 7.13. The third-order valence-electron chi connectivity index (χ3n) is 3.17. The summed E-state index contributed by atoms with van der Waals surface area (Å²) >= 11 is 1.53. The lowest BCUT2D eigenvalue weighted by Gasteiger charge is -2.35. The van der Waals surface area contributed by atoms with Crippen LogP contribution in [0.4, 0.5) is 5.13 Å². The Hall–Kier alpha value is -0.650. The molecule has 0 amide bonds. The summed E-state index contributed by atoms with van der Waals surface area (Å²) < 4.78 is 0. The van der Waals surface area contributed by atoms with Gasteiger partial charge in [0.2, 0.25) is 0 Å². The Balaban J connectivity index is 1.90. The number of thiazole rings is 1. The van der Waals surface area contributed by atoms with E-state index < -0.39 is 0 Å². The number of piperidine rings is 1. The second-order valence-electron chi connectivity index (χ2n) is 4.67. The minimum absolute atomic E-state index is 0.677. The molecule has 1 atom stereocenters. The number of likely N-dealkylation sites (tertiary alicyclic amines) is 1. The van der Waals surface area contributed by atoms with E-state index in [-0.39, 0.29) is 0 Å². The summed E-state index contributed by atoms with van der Waals surface area (Å²) in [6.07, 6.45) is 2.59. The normalized spacial score (nSPS) is 22.8. The number of anilines is 1. The van der Waals surface area contributed by atoms with Crippen molar-refractivity contribution in [3.8, 4) is 0 Å². The number of nitrogen functional groups attached to an aromatic ring is 1. The van der Waals surface area contributed by atoms with Gasteiger partial charge in [-0.1, -0.05) is 0 Å². The van der Waals surface area contributed by atoms with Crippen molar-refractivity contribution in [2.45, 2.75) is 25.4 Å². The summed E-state index contributed by atoms with van der Waals surface area (Å²) in [6, 6.07) is 0.685. The van der Waals surface area contributed by atoms with Crippen molar-refractivity contribution >= 4 is 16.5 Å². The van der Waals surface area contributed by atoms with Crippen LogP contribution in [0.15, 0.2) is 5.38 Å². The van der Waals surface area contributed by atoms with Gasteiger partial charge in [0.1, 0.15) is 0 Å². The predicted octanol–water partition coefficient (Wildman–Crippen LogP) is 1.25. The summed E-state index contributed by atoms with van der Waals surface area (Å²) in [7, 11) is 4.32. The van der Waals surface area contributed by atoms with Crippen LogP contribution in [-0.4, -0.2) is 48.0 Å². The molecule has 0 aliphatic carbocycles. The van der Waals surface area contributed by atoms with Crippen LogP contribution in [0.25, 0.3) is 0 Å². The van der Waals surface area contributed by atoms with Crippen molar-refractivity contribution in [2.75, 3.05) is 32.9 Å². The maximum Gasteiger partial charge on any atom is 0.180 e. The third-order valence-corrected chi connectivity index (χ3v) is 3.89. The maximum atomic E-state index is 5.64. The summed E-state index contributed by atoms with van der Waals surface area (Å²) in [5, 5.41) is 2.74. The molecule has 0 aromatic carbocycles. The van der Waals surface area contributed by atoms with Crippen molar-refractivity contribution < 1.29 is 0 Å². The van der Waals surface area contributed by atoms with Crippen LogP contribution >= 0.6 is 11.3 Å². The topological polar surface area (TPSA) is 45.4 Å². The highest BCUT2D eigenvalue weighted by Gasteiger charge is 2.21. The van der Waals surface area contributed by atoms with E-state index in [1.165, 1.54) is 30.7 Å². The molecular weight excluding hydrogens is 220 g/mol. The van der Waals surface area contributed by atoms with Crippen molar-refractivity contribution in [2.24, 2.45) is 0 Å². The molecule has 1 aromatic heterocycles. The molecule has 5 heteroatoms. The van der Waals surface area contributed by atoms with E-state index in [0.29, 0.717) is 11.2 Å². The van der Waals surface area contributed by atoms with Crippen LogP contribution in [0.2, 0.25) is 0 Å². The molecular formula is C11H20N4S. The number of hydrogen-bond donors (Lipinski definition) is 1. The maximum absolute atomic E-state index is 5.64. The van der Waals surface area contributed by atoms with Crippen LogP contribution in [0.1, 0.15) is 18.5 Å². The van der Waals surface area contributed by atoms with E-state index in [1.807, 2.05) is 0 Å². The number of aromatic nitrogens is 1. The Morgan fingerprint density at radius 3 is 3.06 bits per heavy atom. The molecule has 0 saturated carbocycles. The summed E-state index contributed by atoms with van der Waals surface area (Å²) in [5.74, 6) is 0. The second-order valence-corrected chi connectivity index (χ2v) is 5.56. The van der Waals surface area contributed by atoms with Crippen molar-refractivity contribution in [3.05, 3.63) is 11.1 Å². The van der Waals surface area contributed by atoms with E-state index in [9.17, 15) is 0 Å². The molecule has 4 nitrogen and oxygen atoms in total. The predicted molar refractivity (Wildman–Crippen MR) is 68.5 cm³/mol. The van der Waals surface area contributed by atoms with Gasteiger partial charge in [-0.2, -0.15) is 0 Å². The quantitative estimate of drug-likeness (QED) is 0.864. The molecule has 90 valence electrons. The smallest absolute Gasteiger partial charge is 0.180 e. The standard InChI is InChI=1S/C11H20N4S/c1-14(2)10-4-3-5-15(7-10)6-9-8-16-11(12)13-9/h8,10H,3-7H2,1-2H3,(H2,12,13). The van der Waals surface area contributed by atoms with Gasteiger partial charge in [-0.25, -0.2) is 4.98 Å². The molecule has 16 heavy (non-hydrogen) atoms. The highest BCUT2D eigenvalue weighted by atomic mass is 32.1. The lowest BCUT2D eigenvalue weighted by molar-refractivity contribution is 0.127. The fraction of sp³-hybridized carbons (Fsp3) is 0.727. The largest absolute Gasteiger partial charge is 0.375 e. The molecule has 2 rings (SSSR count). The molecule has 0 bridgehead atoms. The zero-order valence-electron chi connectivity index (χ0n) is 10.0. The SMILES string of the molecule is CN(C)C1CCCN(Cc2csc(N)n2)C1. The van der Waals surface area contributed by atoms with Gasteiger partial charge in [-0.05, 0) is 33.5 Å². The van der Waals surface area contributed by atoms with Crippen molar-refractivity contribution in [1.82, 2.24) is 14.8 Å². The Morgan fingerprint density at radius 2 is 2.44 bits per heavy atom. The van der Waals surface area contributed by atoms with Gasteiger partial charge >= 0.3 is 0 Å². The number of rotatable bonds is 3. The highest BCUT2D eigenvalue weighted by Crippen LogP contribution is 2.18. The van der Waals surface area contributed by atoms with Crippen LogP contribution in [0, 0.1) is 0 Å². The average molecular weight is 240 g/mol. The lowest BCUT2D eigenvalue weighted by atomic mass is 10.0. The average Bonchev–Trinajstić information content (AvgIpc) is 2.64. The zero-order valence-corrected chi connectivity index (χ0v) is 10.8. The molecule has 1 saturated heterocycles. The van der Waals surface area contributed by atoms with E-state index in [4.69, 9.17) is 5.73 Å². The molecule has 1 aliphatic rings. The molecule has 1 aromatic rings. The van der Waals surface area contributed by atoms with Crippen LogP contribution < -0.4 is 5.73 Å². The fourth-order valence-corrected chi connectivity index (χ4v) is 2.77. The van der Waals surface area contributed by atoms with E-state index in [0.717, 1.165) is 18.8 Å². The lowest BCUT2D eigenvalue weighted by Crippen LogP contribution is -2.44. The van der Waals surface area contributed by atoms with E-state index in [1.54, 1.807) is 0 Å². The Morgan fingerprint density at radius 1 is 1.62 bits per heavy atom. The fourth-order valence-electron chi connectivity index (χ4n) is 2.22. The van der Waals surface area contributed by atoms with Gasteiger partial charge in [0, 0.05) is 24.5 Å². The zero-order chi connectivity index (χ0) is 11.5. The summed E-state index contributed by atoms with van der Waals surface area (Å²) in [6.45, 7) is 3.27. The number of likely N-dealkylation sites (N-methyl/N-ethyl adjacent to an activating group) is 1. The minimum atomic E-state index is 0.677. The van der Waals surface area contributed by atoms with Gasteiger partial charge in [0.25, 0.3) is 0 Å². The molecule has 0 spiro atoms. The van der Waals surface area contributed by atoms with Crippen LogP contribution in [0.5, 0.6) is 0 Å². The third kappa shape index (κ3) is 2.93. The van der Waals surface area contributed by atoms with Gasteiger partial charge in [-0.3, -0.25) is 4.90 Å². The van der Waals surface area contributed by atoms with Gasteiger partial charge in [0.05, 0.1) is 5.69 Å². The molecule has 0 radical (unpaired) electrons. The Bertz CT molecular complexity index is 336. The molecule has 1 aliphatic heterocycles. The summed E-state index contributed by atoms with van der Waals surface area (Å²) in [5.41, 5.74) is 6.75. The second kappa shape index (κ2) is 5.12. The van der Waals surface area contributed by atoms with Gasteiger partial charge in [0.15, 0.2) is 5.13 Å². The molecule has 1 fully saturated rings. The van der Waals surface area contributed by atoms with Crippen molar-refractivity contribution in [1.29, 1.82) is 0 Å². The van der Waals surface area contributed by atoms with Crippen LogP contribution in [-0.2, 0) is 6.54 Å². The first kappa shape index (κ1) is 11.8. The van der Waals surface area contributed by atoms with Gasteiger partial charge < -0.3 is 10.6 Å². The Labute approximate surface area is 101 Å². The molecule has 2 heterocycles. The van der Waals surface area contributed by atoms with Gasteiger partial charge in [-0.15, -0.1) is 11.3 Å². The number of nitrogens with two attached hydrogens (primary N) is 1. The number of hydrogen-bond acceptors (Lipinski definition) is 5. The minimum Gasteiger partial charge on any atom is -0.375 e. The van der Waals surface area contributed by atoms with Crippen molar-refractivity contribution in [3.63, 3.8) is 0 Å². The Kier molecular flexibility index (Phi) is 3.78. The number of nitrogens with zero attached hydrogens (tertiary/aromatic N) is 3. The first-order valence-electron chi connectivity index (χ1n) is 5.74. The van der Waals surface area contributed by atoms with E-state index >= 15 is 0 Å². The first-order valence-corrected chi connectivity index (χ1v) is 6.62.